The highest BCUT2D eigenvalue weighted by atomic mass is 35.5. The van der Waals surface area contributed by atoms with Crippen molar-refractivity contribution in [3.8, 4) is 5.75 Å². The van der Waals surface area contributed by atoms with Crippen LogP contribution in [0, 0.1) is 19.3 Å². The lowest BCUT2D eigenvalue weighted by atomic mass is 10.1. The number of hydrogen-bond acceptors (Lipinski definition) is 7. The van der Waals surface area contributed by atoms with Crippen molar-refractivity contribution in [2.45, 2.75) is 18.7 Å². The van der Waals surface area contributed by atoms with Gasteiger partial charge in [0.25, 0.3) is 5.91 Å². The summed E-state index contributed by atoms with van der Waals surface area (Å²) in [7, 11) is -4.27. The Morgan fingerprint density at radius 1 is 1.00 bits per heavy atom. The molecule has 0 spiro atoms. The third-order valence-corrected chi connectivity index (χ3v) is 8.28. The molecule has 2 aliphatic rings. The summed E-state index contributed by atoms with van der Waals surface area (Å²) < 4.78 is 31.3. The van der Waals surface area contributed by atoms with Gasteiger partial charge in [-0.15, -0.1) is 0 Å². The monoisotopic (exact) mass is 584 g/mol. The molecule has 2 aliphatic heterocycles. The van der Waals surface area contributed by atoms with E-state index in [1.54, 1.807) is 12.1 Å². The Balaban J connectivity index is 1.52. The molecule has 2 heterocycles. The molecule has 0 bridgehead atoms. The van der Waals surface area contributed by atoms with Crippen LogP contribution in [0.2, 0.25) is 10.0 Å². The van der Waals surface area contributed by atoms with Crippen LogP contribution in [0.15, 0.2) is 81.2 Å². The molecule has 3 aromatic carbocycles. The van der Waals surface area contributed by atoms with Gasteiger partial charge < -0.3 is 4.18 Å². The molecule has 0 fully saturated rings. The number of nitrogens with zero attached hydrogens (tertiary/aromatic N) is 3. The molecule has 0 aliphatic carbocycles. The van der Waals surface area contributed by atoms with Gasteiger partial charge in [0, 0.05) is 16.1 Å². The molecule has 0 aromatic heterocycles. The van der Waals surface area contributed by atoms with Crippen molar-refractivity contribution in [1.29, 1.82) is 5.41 Å². The molecule has 8 nitrogen and oxygen atoms in total. The standard InChI is InChI=1S/C26H18Cl2N4O4S2/c1-14-3-7-16(8-4-14)25-31-32-23(29)20(24(33)30-26(32)37-25)12-17-11-18(27)13-21(28)22(17)36-38(34,35)19-9-5-15(2)6-10-19/h3-13,29H,1-2H3. The normalized spacial score (nSPS) is 16.4. The van der Waals surface area contributed by atoms with E-state index in [0.29, 0.717) is 5.04 Å². The molecule has 1 amide bonds. The van der Waals surface area contributed by atoms with Gasteiger partial charge in [-0.1, -0.05) is 70.7 Å². The Morgan fingerprint density at radius 3 is 2.29 bits per heavy atom. The molecule has 0 radical (unpaired) electrons. The van der Waals surface area contributed by atoms with Crippen LogP contribution >= 0.6 is 35.0 Å². The van der Waals surface area contributed by atoms with E-state index < -0.39 is 16.0 Å². The van der Waals surface area contributed by atoms with E-state index in [1.165, 1.54) is 47.1 Å². The zero-order valence-electron chi connectivity index (χ0n) is 19.9. The van der Waals surface area contributed by atoms with Gasteiger partial charge in [0.2, 0.25) is 5.17 Å². The number of nitrogens with one attached hydrogen (secondary N) is 1. The predicted octanol–water partition coefficient (Wildman–Crippen LogP) is 6.05. The number of carbonyl (C=O) groups excluding carboxylic acids is 1. The SMILES string of the molecule is Cc1ccc(C2=NN3C(=N)C(=Cc4cc(Cl)cc(Cl)c4OS(=O)(=O)c4ccc(C)cc4)C(=O)N=C3S2)cc1. The van der Waals surface area contributed by atoms with Crippen molar-refractivity contribution < 1.29 is 17.4 Å². The molecule has 192 valence electrons. The van der Waals surface area contributed by atoms with Gasteiger partial charge >= 0.3 is 10.1 Å². The van der Waals surface area contributed by atoms with E-state index in [4.69, 9.17) is 32.8 Å². The van der Waals surface area contributed by atoms with Crippen molar-refractivity contribution in [1.82, 2.24) is 5.01 Å². The highest BCUT2D eigenvalue weighted by Crippen LogP contribution is 2.37. The van der Waals surface area contributed by atoms with Gasteiger partial charge in [-0.05, 0) is 56.0 Å². The zero-order chi connectivity index (χ0) is 27.2. The van der Waals surface area contributed by atoms with E-state index in [1.807, 2.05) is 38.1 Å². The molecular weight excluding hydrogens is 567 g/mol. The molecule has 0 unspecified atom stereocenters. The minimum atomic E-state index is -4.27. The van der Waals surface area contributed by atoms with Gasteiger partial charge in [-0.3, -0.25) is 10.2 Å². The number of benzene rings is 3. The summed E-state index contributed by atoms with van der Waals surface area (Å²) in [6.07, 6.45) is 1.27. The fourth-order valence-corrected chi connectivity index (χ4v) is 6.06. The lowest BCUT2D eigenvalue weighted by Gasteiger charge is -2.20. The summed E-state index contributed by atoms with van der Waals surface area (Å²) in [6, 6.07) is 16.5. The van der Waals surface area contributed by atoms with E-state index >= 15 is 0 Å². The van der Waals surface area contributed by atoms with Crippen LogP contribution in [-0.2, 0) is 14.9 Å². The first-order chi connectivity index (χ1) is 18.0. The van der Waals surface area contributed by atoms with Gasteiger partial charge in [-0.25, -0.2) is 0 Å². The summed E-state index contributed by atoms with van der Waals surface area (Å²) in [5, 5.41) is 15.3. The Labute approximate surface area is 233 Å². The third-order valence-electron chi connectivity index (χ3n) is 5.59. The molecule has 1 N–H and O–H groups in total. The van der Waals surface area contributed by atoms with Gasteiger partial charge in [0.15, 0.2) is 11.6 Å². The van der Waals surface area contributed by atoms with Crippen LogP contribution in [0.3, 0.4) is 0 Å². The van der Waals surface area contributed by atoms with Crippen molar-refractivity contribution in [3.63, 3.8) is 0 Å². The average molecular weight is 585 g/mol. The second-order valence-corrected chi connectivity index (χ2v) is 11.8. The number of fused-ring (bicyclic) bond motifs is 1. The molecule has 0 atom stereocenters. The molecule has 12 heteroatoms. The molecule has 5 rings (SSSR count). The first-order valence-electron chi connectivity index (χ1n) is 11.1. The van der Waals surface area contributed by atoms with Crippen LogP contribution < -0.4 is 4.18 Å². The molecule has 38 heavy (non-hydrogen) atoms. The molecule has 0 saturated heterocycles. The first kappa shape index (κ1) is 26.2. The predicted molar refractivity (Wildman–Crippen MR) is 151 cm³/mol. The maximum absolute atomic E-state index is 13.0. The van der Waals surface area contributed by atoms with Gasteiger partial charge in [-0.2, -0.15) is 23.5 Å². The van der Waals surface area contributed by atoms with Crippen molar-refractivity contribution >= 4 is 73.1 Å². The minimum Gasteiger partial charge on any atom is -0.377 e. The lowest BCUT2D eigenvalue weighted by molar-refractivity contribution is -0.114. The second kappa shape index (κ2) is 10.0. The van der Waals surface area contributed by atoms with Gasteiger partial charge in [0.05, 0.1) is 10.6 Å². The van der Waals surface area contributed by atoms with E-state index in [2.05, 4.69) is 10.1 Å². The number of hydrogen-bond donors (Lipinski definition) is 1. The van der Waals surface area contributed by atoms with Gasteiger partial charge in [0.1, 0.15) is 9.94 Å². The van der Waals surface area contributed by atoms with Crippen LogP contribution in [0.5, 0.6) is 5.75 Å². The lowest BCUT2D eigenvalue weighted by Crippen LogP contribution is -2.35. The Hall–Kier alpha value is -3.44. The van der Waals surface area contributed by atoms with Crippen molar-refractivity contribution in [3.05, 3.63) is 98.5 Å². The van der Waals surface area contributed by atoms with Crippen molar-refractivity contribution in [2.24, 2.45) is 10.1 Å². The van der Waals surface area contributed by atoms with E-state index in [9.17, 15) is 13.2 Å². The number of rotatable bonds is 5. The number of hydrazone groups is 1. The van der Waals surface area contributed by atoms with Crippen molar-refractivity contribution in [2.75, 3.05) is 0 Å². The minimum absolute atomic E-state index is 0.0736. The number of aryl methyl sites for hydroxylation is 2. The number of amides is 1. The Kier molecular flexibility index (Phi) is 6.91. The quantitative estimate of drug-likeness (QED) is 0.289. The number of carbonyl (C=O) groups is 1. The second-order valence-electron chi connectivity index (χ2n) is 8.45. The fourth-order valence-electron chi connectivity index (χ4n) is 3.60. The topological polar surface area (TPSA) is 112 Å². The summed E-state index contributed by atoms with van der Waals surface area (Å²) >= 11 is 13.7. The summed E-state index contributed by atoms with van der Waals surface area (Å²) in [5.74, 6) is -1.17. The average Bonchev–Trinajstić information content (AvgIpc) is 3.28. The Morgan fingerprint density at radius 2 is 1.63 bits per heavy atom. The molecule has 3 aromatic rings. The number of thioether (sulfide) groups is 1. The zero-order valence-corrected chi connectivity index (χ0v) is 23.0. The van der Waals surface area contributed by atoms with Crippen LogP contribution in [-0.4, -0.2) is 35.4 Å². The number of halogens is 2. The number of aliphatic imine (C=N–C) groups is 1. The van der Waals surface area contributed by atoms with E-state index in [0.717, 1.165) is 16.7 Å². The first-order valence-corrected chi connectivity index (χ1v) is 14.1. The third kappa shape index (κ3) is 5.12. The maximum atomic E-state index is 13.0. The summed E-state index contributed by atoms with van der Waals surface area (Å²) in [6.45, 7) is 3.80. The van der Waals surface area contributed by atoms with Crippen LogP contribution in [0.25, 0.3) is 6.08 Å². The van der Waals surface area contributed by atoms with Crippen LogP contribution in [0.4, 0.5) is 0 Å². The maximum Gasteiger partial charge on any atom is 0.339 e. The molecule has 0 saturated carbocycles. The Bertz CT molecular complexity index is 1700. The highest BCUT2D eigenvalue weighted by molar-refractivity contribution is 8.27. The highest BCUT2D eigenvalue weighted by Gasteiger charge is 2.36. The smallest absolute Gasteiger partial charge is 0.339 e. The van der Waals surface area contributed by atoms with Crippen LogP contribution in [0.1, 0.15) is 22.3 Å². The summed E-state index contributed by atoms with van der Waals surface area (Å²) in [5.41, 5.74) is 2.73. The molecular formula is C26H18Cl2N4O4S2. The van der Waals surface area contributed by atoms with E-state index in [-0.39, 0.29) is 42.8 Å². The number of amidine groups is 2. The fraction of sp³-hybridized carbons (Fsp3) is 0.0769. The largest absolute Gasteiger partial charge is 0.377 e. The summed E-state index contributed by atoms with van der Waals surface area (Å²) in [4.78, 5) is 17.0.